The first kappa shape index (κ1) is 19.5. The fourth-order valence-electron chi connectivity index (χ4n) is 3.43. The summed E-state index contributed by atoms with van der Waals surface area (Å²) in [6, 6.07) is 13.1. The molecule has 1 aliphatic rings. The zero-order chi connectivity index (χ0) is 20.4. The van der Waals surface area contributed by atoms with Crippen LogP contribution in [0.25, 0.3) is 11.3 Å². The maximum Gasteiger partial charge on any atom is 0.255 e. The molecule has 3 aromatic rings. The zero-order valence-electron chi connectivity index (χ0n) is 16.3. The first-order valence-electron chi connectivity index (χ1n) is 9.51. The van der Waals surface area contributed by atoms with E-state index in [2.05, 4.69) is 24.1 Å². The second-order valence-electron chi connectivity index (χ2n) is 7.22. The first-order valence-corrected chi connectivity index (χ1v) is 10.4. The molecule has 1 fully saturated rings. The van der Waals surface area contributed by atoms with E-state index in [4.69, 9.17) is 9.72 Å². The molecule has 1 aliphatic heterocycles. The van der Waals surface area contributed by atoms with Crippen molar-refractivity contribution in [2.45, 2.75) is 26.1 Å². The molecule has 0 spiro atoms. The fourth-order valence-corrected chi connectivity index (χ4v) is 4.29. The molecule has 150 valence electrons. The molecule has 0 saturated carbocycles. The minimum atomic E-state index is -0.434. The summed E-state index contributed by atoms with van der Waals surface area (Å²) in [7, 11) is 0. The van der Waals surface area contributed by atoms with Crippen LogP contribution in [0.3, 0.4) is 0 Å². The molecule has 1 N–H and O–H groups in total. The molecular weight excluding hydrogens is 389 g/mol. The molecule has 1 aromatic heterocycles. The minimum Gasteiger partial charge on any atom is -0.372 e. The molecule has 1 saturated heterocycles. The van der Waals surface area contributed by atoms with Crippen molar-refractivity contribution in [3.05, 3.63) is 65.3 Å². The molecule has 0 aliphatic carbocycles. The third kappa shape index (κ3) is 4.63. The average Bonchev–Trinajstić information content (AvgIpc) is 3.18. The Kier molecular flexibility index (Phi) is 5.60. The first-order chi connectivity index (χ1) is 14.0. The van der Waals surface area contributed by atoms with Gasteiger partial charge in [-0.25, -0.2) is 9.37 Å². The standard InChI is InChI=1S/C22H22FN3O2S/c1-14-11-26(12-15(2)28-14)22-25-20(13-29-22)16-6-8-19(9-7-16)24-21(27)17-4-3-5-18(23)10-17/h3-10,13-15H,11-12H2,1-2H3,(H,24,27). The second-order valence-corrected chi connectivity index (χ2v) is 8.06. The summed E-state index contributed by atoms with van der Waals surface area (Å²) in [6.45, 7) is 5.83. The van der Waals surface area contributed by atoms with Crippen LogP contribution in [0.15, 0.2) is 53.9 Å². The molecule has 7 heteroatoms. The van der Waals surface area contributed by atoms with Gasteiger partial charge in [0.05, 0.1) is 17.9 Å². The molecule has 4 rings (SSSR count). The number of halogens is 1. The minimum absolute atomic E-state index is 0.187. The van der Waals surface area contributed by atoms with Crippen molar-refractivity contribution in [1.82, 2.24) is 4.98 Å². The number of morpholine rings is 1. The zero-order valence-corrected chi connectivity index (χ0v) is 17.1. The molecule has 2 unspecified atom stereocenters. The highest BCUT2D eigenvalue weighted by atomic mass is 32.1. The lowest BCUT2D eigenvalue weighted by Gasteiger charge is -2.35. The molecule has 0 radical (unpaired) electrons. The van der Waals surface area contributed by atoms with Crippen LogP contribution in [0, 0.1) is 5.82 Å². The number of nitrogens with zero attached hydrogens (tertiary/aromatic N) is 2. The molecule has 2 aromatic carbocycles. The number of amides is 1. The Morgan fingerprint density at radius 2 is 1.90 bits per heavy atom. The van der Waals surface area contributed by atoms with Gasteiger partial charge in [-0.3, -0.25) is 4.79 Å². The lowest BCUT2D eigenvalue weighted by atomic mass is 10.1. The number of aromatic nitrogens is 1. The molecule has 29 heavy (non-hydrogen) atoms. The second kappa shape index (κ2) is 8.31. The van der Waals surface area contributed by atoms with E-state index in [1.54, 1.807) is 17.4 Å². The van der Waals surface area contributed by atoms with Crippen molar-refractivity contribution in [1.29, 1.82) is 0 Å². The summed E-state index contributed by atoms with van der Waals surface area (Å²) in [5.74, 6) is -0.778. The topological polar surface area (TPSA) is 54.5 Å². The molecule has 1 amide bonds. The van der Waals surface area contributed by atoms with Gasteiger partial charge in [-0.15, -0.1) is 11.3 Å². The Labute approximate surface area is 173 Å². The van der Waals surface area contributed by atoms with E-state index in [9.17, 15) is 9.18 Å². The molecule has 5 nitrogen and oxygen atoms in total. The summed E-state index contributed by atoms with van der Waals surface area (Å²) < 4.78 is 19.1. The van der Waals surface area contributed by atoms with Gasteiger partial charge in [-0.1, -0.05) is 18.2 Å². The van der Waals surface area contributed by atoms with Gasteiger partial charge in [0.1, 0.15) is 5.82 Å². The van der Waals surface area contributed by atoms with Crippen molar-refractivity contribution in [3.8, 4) is 11.3 Å². The van der Waals surface area contributed by atoms with Crippen LogP contribution in [-0.2, 0) is 4.74 Å². The number of carbonyl (C=O) groups is 1. The summed E-state index contributed by atoms with van der Waals surface area (Å²) >= 11 is 1.62. The molecule has 2 atom stereocenters. The smallest absolute Gasteiger partial charge is 0.255 e. The van der Waals surface area contributed by atoms with Gasteiger partial charge in [-0.05, 0) is 44.2 Å². The Bertz CT molecular complexity index is 995. The maximum absolute atomic E-state index is 13.3. The number of nitrogens with one attached hydrogen (secondary N) is 1. The third-order valence-corrected chi connectivity index (χ3v) is 5.61. The van der Waals surface area contributed by atoms with Crippen LogP contribution in [0.4, 0.5) is 15.2 Å². The number of anilines is 2. The highest BCUT2D eigenvalue weighted by molar-refractivity contribution is 7.14. The van der Waals surface area contributed by atoms with Crippen molar-refractivity contribution in [2.75, 3.05) is 23.3 Å². The van der Waals surface area contributed by atoms with Crippen LogP contribution < -0.4 is 10.2 Å². The summed E-state index contributed by atoms with van der Waals surface area (Å²) in [4.78, 5) is 19.3. The van der Waals surface area contributed by atoms with Gasteiger partial charge in [0, 0.05) is 35.3 Å². The maximum atomic E-state index is 13.3. The van der Waals surface area contributed by atoms with Crippen LogP contribution in [0.1, 0.15) is 24.2 Å². The SMILES string of the molecule is CC1CN(c2nc(-c3ccc(NC(=O)c4cccc(F)c4)cc3)cs2)CC(C)O1. The van der Waals surface area contributed by atoms with Crippen LogP contribution in [-0.4, -0.2) is 36.2 Å². The summed E-state index contributed by atoms with van der Waals surface area (Å²) in [5, 5.41) is 5.82. The quantitative estimate of drug-likeness (QED) is 0.669. The molecular formula is C22H22FN3O2S. The number of hydrogen-bond donors (Lipinski definition) is 1. The fraction of sp³-hybridized carbons (Fsp3) is 0.273. The number of hydrogen-bond acceptors (Lipinski definition) is 5. The number of carbonyl (C=O) groups excluding carboxylic acids is 1. The average molecular weight is 412 g/mol. The normalized spacial score (nSPS) is 19.2. The highest BCUT2D eigenvalue weighted by Crippen LogP contribution is 2.30. The monoisotopic (exact) mass is 411 g/mol. The Hall–Kier alpha value is -2.77. The molecule has 0 bridgehead atoms. The summed E-state index contributed by atoms with van der Waals surface area (Å²) in [6.07, 6.45) is 0.374. The number of thiazole rings is 1. The van der Waals surface area contributed by atoms with Crippen molar-refractivity contribution in [2.24, 2.45) is 0 Å². The van der Waals surface area contributed by atoms with E-state index in [0.717, 1.165) is 29.5 Å². The Morgan fingerprint density at radius 1 is 1.17 bits per heavy atom. The van der Waals surface area contributed by atoms with Gasteiger partial charge in [0.15, 0.2) is 5.13 Å². The third-order valence-electron chi connectivity index (χ3n) is 4.71. The predicted molar refractivity (Wildman–Crippen MR) is 114 cm³/mol. The van der Waals surface area contributed by atoms with E-state index in [1.807, 2.05) is 29.6 Å². The Balaban J connectivity index is 1.44. The van der Waals surface area contributed by atoms with E-state index in [-0.39, 0.29) is 23.7 Å². The summed E-state index contributed by atoms with van der Waals surface area (Å²) in [5.41, 5.74) is 2.81. The van der Waals surface area contributed by atoms with E-state index >= 15 is 0 Å². The number of benzene rings is 2. The van der Waals surface area contributed by atoms with Gasteiger partial charge < -0.3 is 15.0 Å². The van der Waals surface area contributed by atoms with Crippen LogP contribution in [0.2, 0.25) is 0 Å². The van der Waals surface area contributed by atoms with E-state index in [0.29, 0.717) is 5.69 Å². The van der Waals surface area contributed by atoms with Crippen molar-refractivity contribution in [3.63, 3.8) is 0 Å². The van der Waals surface area contributed by atoms with E-state index < -0.39 is 5.82 Å². The highest BCUT2D eigenvalue weighted by Gasteiger charge is 2.24. The number of ether oxygens (including phenoxy) is 1. The van der Waals surface area contributed by atoms with Crippen molar-refractivity contribution >= 4 is 28.1 Å². The van der Waals surface area contributed by atoms with Crippen LogP contribution in [0.5, 0.6) is 0 Å². The molecule has 2 heterocycles. The van der Waals surface area contributed by atoms with Gasteiger partial charge in [-0.2, -0.15) is 0 Å². The lowest BCUT2D eigenvalue weighted by Crippen LogP contribution is -2.45. The van der Waals surface area contributed by atoms with E-state index in [1.165, 1.54) is 18.2 Å². The number of rotatable bonds is 4. The lowest BCUT2D eigenvalue weighted by molar-refractivity contribution is -0.00522. The van der Waals surface area contributed by atoms with Gasteiger partial charge in [0.2, 0.25) is 0 Å². The predicted octanol–water partition coefficient (Wildman–Crippen LogP) is 4.82. The Morgan fingerprint density at radius 3 is 2.59 bits per heavy atom. The van der Waals surface area contributed by atoms with Crippen molar-refractivity contribution < 1.29 is 13.9 Å². The largest absolute Gasteiger partial charge is 0.372 e. The van der Waals surface area contributed by atoms with Gasteiger partial charge >= 0.3 is 0 Å². The van der Waals surface area contributed by atoms with Gasteiger partial charge in [0.25, 0.3) is 5.91 Å². The van der Waals surface area contributed by atoms with Crippen LogP contribution >= 0.6 is 11.3 Å².